The first-order valence-corrected chi connectivity index (χ1v) is 6.80. The number of allylic oxidation sites excluding steroid dienone is 2. The second-order valence-electron chi connectivity index (χ2n) is 5.21. The van der Waals surface area contributed by atoms with Crippen LogP contribution in [0.1, 0.15) is 37.8 Å². The van der Waals surface area contributed by atoms with Gasteiger partial charge < -0.3 is 10.0 Å². The maximum absolute atomic E-state index is 12.2. The van der Waals surface area contributed by atoms with Gasteiger partial charge in [-0.1, -0.05) is 30.4 Å². The molecule has 1 aliphatic rings. The van der Waals surface area contributed by atoms with Crippen LogP contribution < -0.4 is 0 Å². The molecule has 0 fully saturated rings. The largest absolute Gasteiger partial charge is 0.508 e. The standard InChI is InChI=1S/C16H21NO2/c1-12(14-9-5-6-10-15(14)18)17(2)16(19)11-13-7-3-4-8-13/h3,5-7,9-10,12-13,18H,4,8,11H2,1-2H3. The molecular weight excluding hydrogens is 238 g/mol. The van der Waals surface area contributed by atoms with Gasteiger partial charge in [-0.15, -0.1) is 0 Å². The average molecular weight is 259 g/mol. The van der Waals surface area contributed by atoms with Gasteiger partial charge in [-0.25, -0.2) is 0 Å². The molecule has 1 aromatic rings. The molecule has 0 aliphatic heterocycles. The summed E-state index contributed by atoms with van der Waals surface area (Å²) in [4.78, 5) is 14.0. The Kier molecular flexibility index (Phi) is 4.25. The summed E-state index contributed by atoms with van der Waals surface area (Å²) in [6.07, 6.45) is 6.99. The van der Waals surface area contributed by atoms with Crippen LogP contribution in [0, 0.1) is 5.92 Å². The van der Waals surface area contributed by atoms with Crippen molar-refractivity contribution in [2.24, 2.45) is 5.92 Å². The van der Waals surface area contributed by atoms with Gasteiger partial charge >= 0.3 is 0 Å². The van der Waals surface area contributed by atoms with Crippen LogP contribution in [0.4, 0.5) is 0 Å². The van der Waals surface area contributed by atoms with Crippen LogP contribution in [0.2, 0.25) is 0 Å². The van der Waals surface area contributed by atoms with Crippen LogP contribution in [0.3, 0.4) is 0 Å². The number of para-hydroxylation sites is 1. The highest BCUT2D eigenvalue weighted by Gasteiger charge is 2.22. The fraction of sp³-hybridized carbons (Fsp3) is 0.438. The fourth-order valence-corrected chi connectivity index (χ4v) is 2.50. The topological polar surface area (TPSA) is 40.5 Å². The van der Waals surface area contributed by atoms with E-state index >= 15 is 0 Å². The minimum atomic E-state index is -0.112. The van der Waals surface area contributed by atoms with Crippen molar-refractivity contribution in [3.05, 3.63) is 42.0 Å². The number of phenols is 1. The first kappa shape index (κ1) is 13.7. The van der Waals surface area contributed by atoms with Gasteiger partial charge in [0, 0.05) is 19.0 Å². The molecule has 3 nitrogen and oxygen atoms in total. The summed E-state index contributed by atoms with van der Waals surface area (Å²) < 4.78 is 0. The number of aromatic hydroxyl groups is 1. The third-order valence-corrected chi connectivity index (χ3v) is 3.91. The van der Waals surface area contributed by atoms with Crippen LogP contribution in [-0.4, -0.2) is 23.0 Å². The van der Waals surface area contributed by atoms with Crippen molar-refractivity contribution in [3.63, 3.8) is 0 Å². The van der Waals surface area contributed by atoms with E-state index in [1.807, 2.05) is 19.1 Å². The van der Waals surface area contributed by atoms with Crippen LogP contribution in [0.25, 0.3) is 0 Å². The summed E-state index contributed by atoms with van der Waals surface area (Å²) in [5.41, 5.74) is 0.792. The second-order valence-corrected chi connectivity index (χ2v) is 5.21. The van der Waals surface area contributed by atoms with E-state index < -0.39 is 0 Å². The third-order valence-electron chi connectivity index (χ3n) is 3.91. The Bertz CT molecular complexity index is 481. The molecular formula is C16H21NO2. The number of carbonyl (C=O) groups is 1. The van der Waals surface area contributed by atoms with E-state index in [1.165, 1.54) is 0 Å². The van der Waals surface area contributed by atoms with E-state index in [4.69, 9.17) is 0 Å². The second kappa shape index (κ2) is 5.91. The Morgan fingerprint density at radius 3 is 2.84 bits per heavy atom. The Morgan fingerprint density at radius 2 is 2.21 bits per heavy atom. The Balaban J connectivity index is 2.02. The van der Waals surface area contributed by atoms with Crippen molar-refractivity contribution in [3.8, 4) is 5.75 Å². The molecule has 2 rings (SSSR count). The number of hydrogen-bond acceptors (Lipinski definition) is 2. The molecule has 102 valence electrons. The summed E-state index contributed by atoms with van der Waals surface area (Å²) in [7, 11) is 1.80. The quantitative estimate of drug-likeness (QED) is 0.843. The highest BCUT2D eigenvalue weighted by Crippen LogP contribution is 2.29. The van der Waals surface area contributed by atoms with E-state index in [-0.39, 0.29) is 17.7 Å². The van der Waals surface area contributed by atoms with Crippen molar-refractivity contribution < 1.29 is 9.90 Å². The van der Waals surface area contributed by atoms with Crippen molar-refractivity contribution in [2.45, 2.75) is 32.2 Å². The van der Waals surface area contributed by atoms with E-state index in [9.17, 15) is 9.90 Å². The molecule has 19 heavy (non-hydrogen) atoms. The summed E-state index contributed by atoms with van der Waals surface area (Å²) in [6, 6.07) is 7.07. The average Bonchev–Trinajstić information content (AvgIpc) is 2.90. The maximum atomic E-state index is 12.2. The Hall–Kier alpha value is -1.77. The normalized spacial score (nSPS) is 19.4. The number of nitrogens with zero attached hydrogens (tertiary/aromatic N) is 1. The predicted octanol–water partition coefficient (Wildman–Crippen LogP) is 3.27. The van der Waals surface area contributed by atoms with E-state index in [2.05, 4.69) is 12.2 Å². The first-order valence-electron chi connectivity index (χ1n) is 6.80. The molecule has 0 saturated heterocycles. The van der Waals surface area contributed by atoms with Gasteiger partial charge in [-0.2, -0.15) is 0 Å². The molecule has 0 aromatic heterocycles. The lowest BCUT2D eigenvalue weighted by Gasteiger charge is -2.26. The molecule has 0 spiro atoms. The lowest BCUT2D eigenvalue weighted by atomic mass is 10.0. The molecule has 0 saturated carbocycles. The number of amides is 1. The summed E-state index contributed by atoms with van der Waals surface area (Å²) >= 11 is 0. The van der Waals surface area contributed by atoms with E-state index in [0.29, 0.717) is 12.3 Å². The Morgan fingerprint density at radius 1 is 1.47 bits per heavy atom. The van der Waals surface area contributed by atoms with Crippen LogP contribution in [-0.2, 0) is 4.79 Å². The maximum Gasteiger partial charge on any atom is 0.223 e. The fourth-order valence-electron chi connectivity index (χ4n) is 2.50. The van der Waals surface area contributed by atoms with Crippen molar-refractivity contribution in [2.75, 3.05) is 7.05 Å². The zero-order valence-corrected chi connectivity index (χ0v) is 11.5. The number of rotatable bonds is 4. The number of phenolic OH excluding ortho intramolecular Hbond substituents is 1. The molecule has 2 atom stereocenters. The monoisotopic (exact) mass is 259 g/mol. The minimum Gasteiger partial charge on any atom is -0.508 e. The van der Waals surface area contributed by atoms with Gasteiger partial charge in [0.15, 0.2) is 0 Å². The SMILES string of the molecule is CC(c1ccccc1O)N(C)C(=O)CC1C=CCC1. The number of benzene rings is 1. The van der Waals surface area contributed by atoms with Gasteiger partial charge in [0.1, 0.15) is 5.75 Å². The number of hydrogen-bond donors (Lipinski definition) is 1. The van der Waals surface area contributed by atoms with Gasteiger partial charge in [-0.05, 0) is 31.7 Å². The molecule has 1 amide bonds. The van der Waals surface area contributed by atoms with Gasteiger partial charge in [0.2, 0.25) is 5.91 Å². The summed E-state index contributed by atoms with van der Waals surface area (Å²) in [5.74, 6) is 0.759. The third kappa shape index (κ3) is 3.16. The summed E-state index contributed by atoms with van der Waals surface area (Å²) in [6.45, 7) is 1.94. The zero-order chi connectivity index (χ0) is 13.8. The lowest BCUT2D eigenvalue weighted by molar-refractivity contribution is -0.132. The Labute approximate surface area is 114 Å². The van der Waals surface area contributed by atoms with E-state index in [1.54, 1.807) is 24.1 Å². The highest BCUT2D eigenvalue weighted by atomic mass is 16.3. The molecule has 0 bridgehead atoms. The van der Waals surface area contributed by atoms with Crippen LogP contribution in [0.15, 0.2) is 36.4 Å². The first-order chi connectivity index (χ1) is 9.09. The van der Waals surface area contributed by atoms with Crippen molar-refractivity contribution >= 4 is 5.91 Å². The zero-order valence-electron chi connectivity index (χ0n) is 11.5. The molecule has 1 aliphatic carbocycles. The van der Waals surface area contributed by atoms with Gasteiger partial charge in [-0.3, -0.25) is 4.79 Å². The smallest absolute Gasteiger partial charge is 0.223 e. The highest BCUT2D eigenvalue weighted by molar-refractivity contribution is 5.77. The lowest BCUT2D eigenvalue weighted by Crippen LogP contribution is -2.30. The molecule has 0 radical (unpaired) electrons. The molecule has 1 aromatic carbocycles. The minimum absolute atomic E-state index is 0.112. The molecule has 0 heterocycles. The molecule has 2 unspecified atom stereocenters. The van der Waals surface area contributed by atoms with Crippen LogP contribution in [0.5, 0.6) is 5.75 Å². The van der Waals surface area contributed by atoms with Gasteiger partial charge in [0.25, 0.3) is 0 Å². The predicted molar refractivity (Wildman–Crippen MR) is 75.8 cm³/mol. The van der Waals surface area contributed by atoms with Crippen molar-refractivity contribution in [1.82, 2.24) is 4.90 Å². The molecule has 3 heteroatoms. The van der Waals surface area contributed by atoms with E-state index in [0.717, 1.165) is 18.4 Å². The van der Waals surface area contributed by atoms with Crippen LogP contribution >= 0.6 is 0 Å². The molecule has 1 N–H and O–H groups in total. The summed E-state index contributed by atoms with van der Waals surface area (Å²) in [5, 5.41) is 9.85. The number of carbonyl (C=O) groups excluding carboxylic acids is 1. The van der Waals surface area contributed by atoms with Gasteiger partial charge in [0.05, 0.1) is 6.04 Å². The van der Waals surface area contributed by atoms with Crippen molar-refractivity contribution in [1.29, 1.82) is 0 Å².